The number of hydrogen-bond acceptors (Lipinski definition) is 1. The van der Waals surface area contributed by atoms with Gasteiger partial charge in [0.25, 0.3) is 0 Å². The van der Waals surface area contributed by atoms with Crippen molar-refractivity contribution >= 4 is 38.3 Å². The SMILES string of the molecule is CC1C=C(n2c(-c3ccc4c(-c5ccc(-c6ccccc6)cc5)c5ccccc5c(C5C=CC=CC5C)c4c3)nc3ccccc32)C=CC1. The first-order valence-electron chi connectivity index (χ1n) is 17.5. The number of aromatic nitrogens is 2. The fourth-order valence-corrected chi connectivity index (χ4v) is 8.01. The maximum Gasteiger partial charge on any atom is 0.145 e. The van der Waals surface area contributed by atoms with Gasteiger partial charge in [0, 0.05) is 17.2 Å². The van der Waals surface area contributed by atoms with Gasteiger partial charge in [-0.3, -0.25) is 4.57 Å². The molecule has 236 valence electrons. The van der Waals surface area contributed by atoms with E-state index in [4.69, 9.17) is 4.98 Å². The summed E-state index contributed by atoms with van der Waals surface area (Å²) in [5.74, 6) is 2.09. The molecule has 2 aliphatic carbocycles. The molecule has 2 aliphatic rings. The standard InChI is InChI=1S/C47H38N2/c1-31-13-12-17-37(29-31)49-44-22-11-10-21-43(44)48-47(49)36-27-28-41-42(30-36)46(38-18-7-6-14-32(38)2)40-20-9-8-19-39(40)45(41)35-25-23-34(24-26-35)33-15-4-3-5-16-33/h3-12,14-32,38H,13H2,1-2H3. The van der Waals surface area contributed by atoms with Gasteiger partial charge in [-0.25, -0.2) is 4.98 Å². The molecule has 2 nitrogen and oxygen atoms in total. The summed E-state index contributed by atoms with van der Waals surface area (Å²) in [4.78, 5) is 5.29. The largest absolute Gasteiger partial charge is 0.293 e. The third-order valence-corrected chi connectivity index (χ3v) is 10.4. The maximum absolute atomic E-state index is 5.29. The highest BCUT2D eigenvalue weighted by molar-refractivity contribution is 6.16. The lowest BCUT2D eigenvalue weighted by Gasteiger charge is -2.26. The molecule has 1 aromatic heterocycles. The zero-order valence-corrected chi connectivity index (χ0v) is 27.9. The summed E-state index contributed by atoms with van der Waals surface area (Å²) in [5.41, 5.74) is 10.8. The van der Waals surface area contributed by atoms with Gasteiger partial charge in [-0.05, 0) is 91.9 Å². The Bertz CT molecular complexity index is 2490. The molecule has 6 aromatic carbocycles. The van der Waals surface area contributed by atoms with Gasteiger partial charge in [0.15, 0.2) is 0 Å². The Morgan fingerprint density at radius 2 is 1.29 bits per heavy atom. The van der Waals surface area contributed by atoms with E-state index in [1.54, 1.807) is 0 Å². The molecule has 9 rings (SSSR count). The molecule has 2 heteroatoms. The van der Waals surface area contributed by atoms with E-state index in [0.717, 1.165) is 28.8 Å². The van der Waals surface area contributed by atoms with E-state index < -0.39 is 0 Å². The second kappa shape index (κ2) is 12.1. The first kappa shape index (κ1) is 29.4. The van der Waals surface area contributed by atoms with Crippen LogP contribution < -0.4 is 0 Å². The number of para-hydroxylation sites is 2. The Kier molecular flexibility index (Phi) is 7.24. The molecule has 0 saturated heterocycles. The summed E-state index contributed by atoms with van der Waals surface area (Å²) in [6.07, 6.45) is 17.1. The number of imidazole rings is 1. The first-order valence-corrected chi connectivity index (χ1v) is 17.5. The molecule has 0 bridgehead atoms. The minimum absolute atomic E-state index is 0.255. The number of benzene rings is 6. The Morgan fingerprint density at radius 3 is 2.10 bits per heavy atom. The van der Waals surface area contributed by atoms with Crippen LogP contribution in [0.2, 0.25) is 0 Å². The number of nitrogens with zero attached hydrogens (tertiary/aromatic N) is 2. The molecule has 7 aromatic rings. The van der Waals surface area contributed by atoms with Gasteiger partial charge in [0.05, 0.1) is 11.0 Å². The van der Waals surface area contributed by atoms with Crippen LogP contribution in [0.25, 0.3) is 71.9 Å². The van der Waals surface area contributed by atoms with Gasteiger partial charge in [-0.15, -0.1) is 0 Å². The molecule has 0 amide bonds. The van der Waals surface area contributed by atoms with Crippen molar-refractivity contribution in [3.05, 3.63) is 169 Å². The van der Waals surface area contributed by atoms with E-state index in [1.807, 2.05) is 0 Å². The van der Waals surface area contributed by atoms with E-state index >= 15 is 0 Å². The van der Waals surface area contributed by atoms with Crippen LogP contribution in [-0.4, -0.2) is 9.55 Å². The van der Waals surface area contributed by atoms with Crippen molar-refractivity contribution in [3.63, 3.8) is 0 Å². The van der Waals surface area contributed by atoms with E-state index in [0.29, 0.717) is 11.8 Å². The highest BCUT2D eigenvalue weighted by Gasteiger charge is 2.25. The molecule has 0 saturated carbocycles. The van der Waals surface area contributed by atoms with Crippen molar-refractivity contribution < 1.29 is 0 Å². The molecule has 1 heterocycles. The van der Waals surface area contributed by atoms with Gasteiger partial charge < -0.3 is 0 Å². The zero-order valence-electron chi connectivity index (χ0n) is 27.9. The van der Waals surface area contributed by atoms with E-state index in [2.05, 4.69) is 182 Å². The zero-order chi connectivity index (χ0) is 32.9. The van der Waals surface area contributed by atoms with E-state index in [-0.39, 0.29) is 5.92 Å². The van der Waals surface area contributed by atoms with Crippen LogP contribution in [0.5, 0.6) is 0 Å². The van der Waals surface area contributed by atoms with Crippen molar-refractivity contribution in [2.45, 2.75) is 26.2 Å². The Balaban J connectivity index is 1.33. The number of fused-ring (bicyclic) bond motifs is 3. The fraction of sp³-hybridized carbons (Fsp3) is 0.128. The van der Waals surface area contributed by atoms with E-state index in [1.165, 1.54) is 55.1 Å². The summed E-state index contributed by atoms with van der Waals surface area (Å²) in [5, 5.41) is 5.16. The number of hydrogen-bond donors (Lipinski definition) is 0. The number of allylic oxidation sites excluding steroid dienone is 8. The molecule has 0 fully saturated rings. The monoisotopic (exact) mass is 630 g/mol. The molecular weight excluding hydrogens is 593 g/mol. The minimum Gasteiger partial charge on any atom is -0.293 e. The highest BCUT2D eigenvalue weighted by Crippen LogP contribution is 2.46. The smallest absolute Gasteiger partial charge is 0.145 e. The molecule has 49 heavy (non-hydrogen) atoms. The normalized spacial score (nSPS) is 18.8. The molecule has 0 spiro atoms. The van der Waals surface area contributed by atoms with Crippen LogP contribution in [0, 0.1) is 11.8 Å². The Morgan fingerprint density at radius 1 is 0.612 bits per heavy atom. The van der Waals surface area contributed by atoms with Gasteiger partial charge in [0.1, 0.15) is 5.82 Å². The lowest BCUT2D eigenvalue weighted by molar-refractivity contribution is 0.643. The quantitative estimate of drug-likeness (QED) is 0.173. The van der Waals surface area contributed by atoms with E-state index in [9.17, 15) is 0 Å². The second-order valence-electron chi connectivity index (χ2n) is 13.7. The highest BCUT2D eigenvalue weighted by atomic mass is 15.1. The molecular formula is C47H38N2. The molecule has 0 N–H and O–H groups in total. The van der Waals surface area contributed by atoms with Crippen molar-refractivity contribution in [1.82, 2.24) is 9.55 Å². The van der Waals surface area contributed by atoms with Crippen molar-refractivity contribution in [3.8, 4) is 33.6 Å². The predicted octanol–water partition coefficient (Wildman–Crippen LogP) is 12.6. The van der Waals surface area contributed by atoms with Gasteiger partial charge >= 0.3 is 0 Å². The molecule has 0 aliphatic heterocycles. The summed E-state index contributed by atoms with van der Waals surface area (Å²) in [6.45, 7) is 4.63. The van der Waals surface area contributed by atoms with Crippen LogP contribution in [0.15, 0.2) is 164 Å². The average molecular weight is 631 g/mol. The summed E-state index contributed by atoms with van der Waals surface area (Å²) in [7, 11) is 0. The summed E-state index contributed by atoms with van der Waals surface area (Å²) < 4.78 is 2.36. The van der Waals surface area contributed by atoms with Gasteiger partial charge in [0.2, 0.25) is 0 Å². The van der Waals surface area contributed by atoms with Crippen LogP contribution >= 0.6 is 0 Å². The lowest BCUT2D eigenvalue weighted by Crippen LogP contribution is -2.09. The second-order valence-corrected chi connectivity index (χ2v) is 13.7. The Labute approximate surface area is 288 Å². The maximum atomic E-state index is 5.29. The number of rotatable bonds is 5. The van der Waals surface area contributed by atoms with Crippen molar-refractivity contribution in [2.75, 3.05) is 0 Å². The first-order chi connectivity index (χ1) is 24.1. The van der Waals surface area contributed by atoms with Crippen LogP contribution in [0.3, 0.4) is 0 Å². The molecule has 3 unspecified atom stereocenters. The third kappa shape index (κ3) is 5.07. The summed E-state index contributed by atoms with van der Waals surface area (Å²) in [6, 6.07) is 44.3. The summed E-state index contributed by atoms with van der Waals surface area (Å²) >= 11 is 0. The Hall–Kier alpha value is -5.73. The average Bonchev–Trinajstić information content (AvgIpc) is 3.54. The van der Waals surface area contributed by atoms with Crippen molar-refractivity contribution in [2.24, 2.45) is 11.8 Å². The van der Waals surface area contributed by atoms with Gasteiger partial charge in [-0.2, -0.15) is 0 Å². The predicted molar refractivity (Wildman–Crippen MR) is 208 cm³/mol. The van der Waals surface area contributed by atoms with Crippen LogP contribution in [0.4, 0.5) is 0 Å². The fourth-order valence-electron chi connectivity index (χ4n) is 8.01. The molecule has 0 radical (unpaired) electrons. The minimum atomic E-state index is 0.255. The van der Waals surface area contributed by atoms with Crippen molar-refractivity contribution in [1.29, 1.82) is 0 Å². The van der Waals surface area contributed by atoms with Crippen LogP contribution in [-0.2, 0) is 0 Å². The van der Waals surface area contributed by atoms with Crippen LogP contribution in [0.1, 0.15) is 31.7 Å². The lowest BCUT2D eigenvalue weighted by atomic mass is 9.77. The van der Waals surface area contributed by atoms with Gasteiger partial charge in [-0.1, -0.05) is 153 Å². The topological polar surface area (TPSA) is 17.8 Å². The molecule has 3 atom stereocenters. The third-order valence-electron chi connectivity index (χ3n) is 10.4.